The van der Waals surface area contributed by atoms with Gasteiger partial charge in [0.05, 0.1) is 5.92 Å². The predicted molar refractivity (Wildman–Crippen MR) is 117 cm³/mol. The van der Waals surface area contributed by atoms with Crippen molar-refractivity contribution in [3.8, 4) is 0 Å². The summed E-state index contributed by atoms with van der Waals surface area (Å²) in [5.74, 6) is 3.03. The number of hydrogen-bond acceptors (Lipinski definition) is 3. The van der Waals surface area contributed by atoms with Crippen LogP contribution < -0.4 is 5.32 Å². The quantitative estimate of drug-likeness (QED) is 0.653. The summed E-state index contributed by atoms with van der Waals surface area (Å²) in [4.78, 5) is 24.3. The molecule has 1 aromatic carbocycles. The Labute approximate surface area is 178 Å². The zero-order valence-corrected chi connectivity index (χ0v) is 18.2. The number of carbonyl (C=O) groups excluding carboxylic acids is 1. The lowest BCUT2D eigenvalue weighted by atomic mass is 9.56. The van der Waals surface area contributed by atoms with E-state index in [9.17, 15) is 14.7 Å². The molecule has 4 aliphatic rings. The van der Waals surface area contributed by atoms with Gasteiger partial charge >= 0.3 is 5.97 Å². The van der Waals surface area contributed by atoms with Crippen LogP contribution in [-0.4, -0.2) is 34.0 Å². The molecule has 0 spiro atoms. The van der Waals surface area contributed by atoms with Crippen LogP contribution in [0.3, 0.4) is 0 Å². The van der Waals surface area contributed by atoms with E-state index in [0.717, 1.165) is 35.0 Å². The second-order valence-electron chi connectivity index (χ2n) is 9.60. The van der Waals surface area contributed by atoms with Crippen LogP contribution in [0, 0.1) is 29.6 Å². The molecule has 5 rings (SSSR count). The topological polar surface area (TPSA) is 66.4 Å². The number of carboxylic acid groups (broad SMARTS) is 1. The second-order valence-corrected chi connectivity index (χ2v) is 10.8. The van der Waals surface area contributed by atoms with Crippen LogP contribution in [0.25, 0.3) is 0 Å². The number of hydrogen-bond donors (Lipinski definition) is 2. The van der Waals surface area contributed by atoms with E-state index in [1.165, 1.54) is 39.0 Å². The fourth-order valence-electron chi connectivity index (χ4n) is 6.18. The predicted octanol–water partition coefficient (Wildman–Crippen LogP) is 4.55. The molecule has 5 heteroatoms. The van der Waals surface area contributed by atoms with Crippen LogP contribution in [0.15, 0.2) is 30.3 Å². The van der Waals surface area contributed by atoms with E-state index in [-0.39, 0.29) is 17.7 Å². The molecule has 158 valence electrons. The van der Waals surface area contributed by atoms with Crippen molar-refractivity contribution in [3.05, 3.63) is 35.9 Å². The third-order valence-corrected chi connectivity index (χ3v) is 9.31. The number of carboxylic acids is 1. The third-order valence-electron chi connectivity index (χ3n) is 7.60. The van der Waals surface area contributed by atoms with Crippen molar-refractivity contribution >= 4 is 23.6 Å². The molecule has 0 aromatic heterocycles. The molecule has 29 heavy (non-hydrogen) atoms. The van der Waals surface area contributed by atoms with E-state index in [4.69, 9.17) is 0 Å². The maximum Gasteiger partial charge on any atom is 0.325 e. The van der Waals surface area contributed by atoms with Crippen LogP contribution >= 0.6 is 11.8 Å². The Kier molecular flexibility index (Phi) is 6.24. The molecule has 1 aromatic rings. The molecule has 2 N–H and O–H groups in total. The molecule has 4 bridgehead atoms. The van der Waals surface area contributed by atoms with Crippen LogP contribution in [0.4, 0.5) is 0 Å². The number of benzene rings is 1. The van der Waals surface area contributed by atoms with Gasteiger partial charge in [0, 0.05) is 11.0 Å². The summed E-state index contributed by atoms with van der Waals surface area (Å²) in [6.45, 7) is 3.64. The van der Waals surface area contributed by atoms with Crippen molar-refractivity contribution in [1.82, 2.24) is 5.32 Å². The Morgan fingerprint density at radius 3 is 2.17 bits per heavy atom. The van der Waals surface area contributed by atoms with Crippen LogP contribution in [0.1, 0.15) is 57.4 Å². The number of amides is 1. The van der Waals surface area contributed by atoms with Gasteiger partial charge in [-0.2, -0.15) is 11.8 Å². The molecule has 3 unspecified atom stereocenters. The van der Waals surface area contributed by atoms with Gasteiger partial charge in [0.1, 0.15) is 6.04 Å². The van der Waals surface area contributed by atoms with Gasteiger partial charge in [-0.1, -0.05) is 37.3 Å². The number of thioether (sulfide) groups is 1. The molecule has 4 nitrogen and oxygen atoms in total. The Morgan fingerprint density at radius 1 is 1.03 bits per heavy atom. The highest BCUT2D eigenvalue weighted by Crippen LogP contribution is 2.57. The van der Waals surface area contributed by atoms with E-state index >= 15 is 0 Å². The summed E-state index contributed by atoms with van der Waals surface area (Å²) in [6, 6.07) is 9.27. The number of nitrogens with one attached hydrogen (secondary N) is 1. The van der Waals surface area contributed by atoms with Gasteiger partial charge < -0.3 is 10.4 Å². The zero-order chi connectivity index (χ0) is 20.5. The van der Waals surface area contributed by atoms with Crippen molar-refractivity contribution in [2.24, 2.45) is 29.6 Å². The number of rotatable bonds is 8. The van der Waals surface area contributed by atoms with E-state index in [1.54, 1.807) is 0 Å². The smallest absolute Gasteiger partial charge is 0.325 e. The van der Waals surface area contributed by atoms with E-state index in [2.05, 4.69) is 24.4 Å². The first-order chi connectivity index (χ1) is 13.9. The number of carbonyl (C=O) groups is 2. The molecular formula is C24H33NO3S. The highest BCUT2D eigenvalue weighted by Gasteiger charge is 2.48. The van der Waals surface area contributed by atoms with Gasteiger partial charge in [0.15, 0.2) is 0 Å². The van der Waals surface area contributed by atoms with Crippen molar-refractivity contribution in [2.75, 3.05) is 5.75 Å². The molecule has 0 saturated heterocycles. The first-order valence-corrected chi connectivity index (χ1v) is 12.2. The Morgan fingerprint density at radius 2 is 1.62 bits per heavy atom. The monoisotopic (exact) mass is 415 g/mol. The minimum absolute atomic E-state index is 0.0570. The Hall–Kier alpha value is -1.49. The van der Waals surface area contributed by atoms with E-state index < -0.39 is 12.0 Å². The molecule has 4 aliphatic carbocycles. The van der Waals surface area contributed by atoms with E-state index in [0.29, 0.717) is 5.25 Å². The normalized spacial score (nSPS) is 33.1. The van der Waals surface area contributed by atoms with Gasteiger partial charge in [-0.25, -0.2) is 0 Å². The Bertz CT molecular complexity index is 709. The fourth-order valence-corrected chi connectivity index (χ4v) is 8.04. The summed E-state index contributed by atoms with van der Waals surface area (Å²) in [5.41, 5.74) is 1.14. The third kappa shape index (κ3) is 4.50. The maximum absolute atomic E-state index is 13.1. The lowest BCUT2D eigenvalue weighted by Gasteiger charge is -2.54. The lowest BCUT2D eigenvalue weighted by molar-refractivity contribution is -0.141. The molecule has 0 heterocycles. The standard InChI is InChI=1S/C24H33NO3S/c1-14(18-6-4-3-5-7-18)21(23(26)25-15(2)24(27)28)13-29-22-19-9-16-8-17(11-19)12-20(22)10-16/h3-7,14-17,19-22H,8-13H2,1-2H3,(H,25,26)(H,27,28). The van der Waals surface area contributed by atoms with Crippen molar-refractivity contribution in [2.45, 2.75) is 63.2 Å². The second kappa shape index (κ2) is 8.71. The first kappa shape index (κ1) is 20.8. The highest BCUT2D eigenvalue weighted by molar-refractivity contribution is 7.99. The van der Waals surface area contributed by atoms with Crippen molar-refractivity contribution in [3.63, 3.8) is 0 Å². The fraction of sp³-hybridized carbons (Fsp3) is 0.667. The molecule has 4 fully saturated rings. The molecular weight excluding hydrogens is 382 g/mol. The van der Waals surface area contributed by atoms with Gasteiger partial charge in [-0.3, -0.25) is 9.59 Å². The molecule has 3 atom stereocenters. The maximum atomic E-state index is 13.1. The Balaban J connectivity index is 1.46. The highest BCUT2D eigenvalue weighted by atomic mass is 32.2. The first-order valence-electron chi connectivity index (χ1n) is 11.1. The van der Waals surface area contributed by atoms with Crippen LogP contribution in [0.2, 0.25) is 0 Å². The summed E-state index contributed by atoms with van der Waals surface area (Å²) >= 11 is 2.00. The van der Waals surface area contributed by atoms with Crippen molar-refractivity contribution in [1.29, 1.82) is 0 Å². The minimum Gasteiger partial charge on any atom is -0.480 e. The van der Waals surface area contributed by atoms with E-state index in [1.807, 2.05) is 30.0 Å². The lowest BCUT2D eigenvalue weighted by Crippen LogP contribution is -2.48. The minimum atomic E-state index is -0.988. The molecule has 0 aliphatic heterocycles. The van der Waals surface area contributed by atoms with Crippen molar-refractivity contribution < 1.29 is 14.7 Å². The van der Waals surface area contributed by atoms with Crippen LogP contribution in [0.5, 0.6) is 0 Å². The molecule has 1 amide bonds. The average Bonchev–Trinajstić information content (AvgIpc) is 2.69. The number of aliphatic carboxylic acids is 1. The summed E-state index contributed by atoms with van der Waals surface area (Å²) < 4.78 is 0. The van der Waals surface area contributed by atoms with Gasteiger partial charge in [0.2, 0.25) is 5.91 Å². The van der Waals surface area contributed by atoms with Gasteiger partial charge in [-0.15, -0.1) is 0 Å². The van der Waals surface area contributed by atoms with Crippen LogP contribution in [-0.2, 0) is 9.59 Å². The average molecular weight is 416 g/mol. The molecule has 4 saturated carbocycles. The van der Waals surface area contributed by atoms with Gasteiger partial charge in [-0.05, 0) is 74.2 Å². The largest absolute Gasteiger partial charge is 0.480 e. The summed E-state index contributed by atoms with van der Waals surface area (Å²) in [5, 5.41) is 12.6. The SMILES string of the molecule is CC(NC(=O)C(CSC1C2CC3CC(C2)CC1C3)C(C)c1ccccc1)C(=O)O. The molecule has 0 radical (unpaired) electrons. The summed E-state index contributed by atoms with van der Waals surface area (Å²) in [7, 11) is 0. The zero-order valence-electron chi connectivity index (χ0n) is 17.4. The van der Waals surface area contributed by atoms with Gasteiger partial charge in [0.25, 0.3) is 0 Å². The summed E-state index contributed by atoms with van der Waals surface area (Å²) in [6.07, 6.45) is 6.98.